The highest BCUT2D eigenvalue weighted by atomic mass is 32.1. The summed E-state index contributed by atoms with van der Waals surface area (Å²) in [5.74, 6) is 0. The summed E-state index contributed by atoms with van der Waals surface area (Å²) < 4.78 is 0. The maximum atomic E-state index is 4.27. The fraction of sp³-hybridized carbons (Fsp3) is 0.200. The van der Waals surface area contributed by atoms with E-state index in [4.69, 9.17) is 0 Å². The summed E-state index contributed by atoms with van der Waals surface area (Å²) in [7, 11) is 0. The van der Waals surface area contributed by atoms with Crippen molar-refractivity contribution in [3.63, 3.8) is 0 Å². The van der Waals surface area contributed by atoms with E-state index >= 15 is 0 Å². The third-order valence-electron chi connectivity index (χ3n) is 3.25. The highest BCUT2D eigenvalue weighted by Crippen LogP contribution is 2.35. The highest BCUT2D eigenvalue weighted by Gasteiger charge is 2.14. The Labute approximate surface area is 150 Å². The van der Waals surface area contributed by atoms with Crippen LogP contribution in [-0.2, 0) is 0 Å². The van der Waals surface area contributed by atoms with Gasteiger partial charge in [-0.1, -0.05) is 34.0 Å². The minimum atomic E-state index is 0.887. The first kappa shape index (κ1) is 15.4. The average Bonchev–Trinajstić information content (AvgIpc) is 3.28. The molecular formula is C15H12N6S3. The van der Waals surface area contributed by atoms with Crippen LogP contribution in [0.5, 0.6) is 0 Å². The molecule has 0 saturated heterocycles. The molecule has 0 unspecified atom stereocenters. The van der Waals surface area contributed by atoms with Crippen molar-refractivity contribution in [2.75, 3.05) is 0 Å². The normalized spacial score (nSPS) is 11.1. The van der Waals surface area contributed by atoms with Crippen LogP contribution in [0.15, 0.2) is 18.2 Å². The Balaban J connectivity index is 1.90. The number of aromatic nitrogens is 6. The molecule has 0 bridgehead atoms. The van der Waals surface area contributed by atoms with Crippen molar-refractivity contribution in [3.05, 3.63) is 33.2 Å². The molecule has 1 aromatic carbocycles. The molecular weight excluding hydrogens is 360 g/mol. The maximum absolute atomic E-state index is 4.27. The Morgan fingerprint density at radius 1 is 0.500 bits per heavy atom. The molecule has 0 amide bonds. The molecule has 0 radical (unpaired) electrons. The van der Waals surface area contributed by atoms with E-state index in [2.05, 4.69) is 48.8 Å². The van der Waals surface area contributed by atoms with Crippen molar-refractivity contribution >= 4 is 34.0 Å². The highest BCUT2D eigenvalue weighted by molar-refractivity contribution is 7.15. The summed E-state index contributed by atoms with van der Waals surface area (Å²) in [6, 6.07) is 6.24. The second-order valence-electron chi connectivity index (χ2n) is 5.18. The lowest BCUT2D eigenvalue weighted by atomic mass is 10.1. The van der Waals surface area contributed by atoms with Gasteiger partial charge in [0.05, 0.1) is 0 Å². The summed E-state index contributed by atoms with van der Waals surface area (Å²) in [5.41, 5.74) is 3.02. The largest absolute Gasteiger partial charge is 0.147 e. The molecule has 0 fully saturated rings. The maximum Gasteiger partial charge on any atom is 0.147 e. The molecule has 3 aromatic heterocycles. The van der Waals surface area contributed by atoms with E-state index in [0.717, 1.165) is 46.7 Å². The van der Waals surface area contributed by atoms with E-state index in [-0.39, 0.29) is 0 Å². The van der Waals surface area contributed by atoms with E-state index in [9.17, 15) is 0 Å². The van der Waals surface area contributed by atoms with Crippen LogP contribution in [0, 0.1) is 20.8 Å². The number of aryl methyl sites for hydroxylation is 3. The number of hydrogen-bond donors (Lipinski definition) is 0. The Morgan fingerprint density at radius 2 is 0.792 bits per heavy atom. The third kappa shape index (κ3) is 2.97. The smallest absolute Gasteiger partial charge is 0.143 e. The molecule has 0 N–H and O–H groups in total. The molecule has 9 heteroatoms. The van der Waals surface area contributed by atoms with Crippen LogP contribution < -0.4 is 0 Å². The lowest BCUT2D eigenvalue weighted by Crippen LogP contribution is -1.85. The van der Waals surface area contributed by atoms with Gasteiger partial charge in [0.2, 0.25) is 0 Å². The fourth-order valence-electron chi connectivity index (χ4n) is 2.24. The van der Waals surface area contributed by atoms with Crippen LogP contribution in [0.4, 0.5) is 0 Å². The van der Waals surface area contributed by atoms with Crippen molar-refractivity contribution in [2.24, 2.45) is 0 Å². The number of hydrogen-bond acceptors (Lipinski definition) is 9. The van der Waals surface area contributed by atoms with Crippen molar-refractivity contribution in [1.82, 2.24) is 30.6 Å². The second kappa shape index (κ2) is 6.08. The lowest BCUT2D eigenvalue weighted by molar-refractivity contribution is 1.05. The van der Waals surface area contributed by atoms with E-state index in [1.54, 1.807) is 34.0 Å². The minimum Gasteiger partial charge on any atom is -0.143 e. The van der Waals surface area contributed by atoms with Gasteiger partial charge in [-0.2, -0.15) is 0 Å². The van der Waals surface area contributed by atoms with Crippen LogP contribution in [0.1, 0.15) is 15.0 Å². The topological polar surface area (TPSA) is 77.3 Å². The van der Waals surface area contributed by atoms with Crippen LogP contribution in [-0.4, -0.2) is 30.6 Å². The van der Waals surface area contributed by atoms with Gasteiger partial charge in [0.25, 0.3) is 0 Å². The average molecular weight is 373 g/mol. The molecule has 0 aliphatic rings. The van der Waals surface area contributed by atoms with E-state index in [1.165, 1.54) is 0 Å². The zero-order valence-corrected chi connectivity index (χ0v) is 15.6. The first-order chi connectivity index (χ1) is 11.6. The molecule has 0 atom stereocenters. The van der Waals surface area contributed by atoms with Crippen molar-refractivity contribution < 1.29 is 0 Å². The molecule has 24 heavy (non-hydrogen) atoms. The molecule has 120 valence electrons. The van der Waals surface area contributed by atoms with Gasteiger partial charge in [-0.15, -0.1) is 30.6 Å². The standard InChI is InChI=1S/C15H12N6S3/c1-7-16-19-13(22-7)10-4-11(14-20-17-8(2)23-14)6-12(5-10)15-21-18-9(3)24-15/h4-6H,1-3H3. The minimum absolute atomic E-state index is 0.887. The van der Waals surface area contributed by atoms with Crippen molar-refractivity contribution in [2.45, 2.75) is 20.8 Å². The summed E-state index contributed by atoms with van der Waals surface area (Å²) in [6.45, 7) is 5.86. The molecule has 4 aromatic rings. The van der Waals surface area contributed by atoms with Gasteiger partial charge in [-0.05, 0) is 39.0 Å². The SMILES string of the molecule is Cc1nnc(-c2cc(-c3nnc(C)s3)cc(-c3nnc(C)s3)c2)s1. The van der Waals surface area contributed by atoms with Gasteiger partial charge in [0, 0.05) is 16.7 Å². The zero-order valence-electron chi connectivity index (χ0n) is 13.1. The van der Waals surface area contributed by atoms with E-state index < -0.39 is 0 Å². The summed E-state index contributed by atoms with van der Waals surface area (Å²) >= 11 is 4.71. The molecule has 0 spiro atoms. The van der Waals surface area contributed by atoms with Gasteiger partial charge in [0.1, 0.15) is 30.0 Å². The molecule has 3 heterocycles. The first-order valence-corrected chi connectivity index (χ1v) is 9.60. The zero-order chi connectivity index (χ0) is 16.7. The van der Waals surface area contributed by atoms with Crippen LogP contribution in [0.2, 0.25) is 0 Å². The van der Waals surface area contributed by atoms with Crippen LogP contribution in [0.25, 0.3) is 31.7 Å². The Morgan fingerprint density at radius 3 is 1.00 bits per heavy atom. The van der Waals surface area contributed by atoms with Crippen LogP contribution in [0.3, 0.4) is 0 Å². The number of nitrogens with zero attached hydrogens (tertiary/aromatic N) is 6. The lowest BCUT2D eigenvalue weighted by Gasteiger charge is -2.04. The Hall–Kier alpha value is -2.10. The number of rotatable bonds is 3. The predicted octanol–water partition coefficient (Wildman–Crippen LogP) is 4.17. The van der Waals surface area contributed by atoms with Crippen molar-refractivity contribution in [3.8, 4) is 31.7 Å². The van der Waals surface area contributed by atoms with Gasteiger partial charge in [-0.25, -0.2) is 0 Å². The Kier molecular flexibility index (Phi) is 3.91. The summed E-state index contributed by atoms with van der Waals surface area (Å²) in [6.07, 6.45) is 0. The Bertz CT molecular complexity index is 874. The van der Waals surface area contributed by atoms with Gasteiger partial charge >= 0.3 is 0 Å². The molecule has 0 saturated carbocycles. The quantitative estimate of drug-likeness (QED) is 0.537. The molecule has 0 aliphatic heterocycles. The van der Waals surface area contributed by atoms with Crippen LogP contribution >= 0.6 is 34.0 Å². The number of benzene rings is 1. The molecule has 4 rings (SSSR count). The monoisotopic (exact) mass is 372 g/mol. The van der Waals surface area contributed by atoms with Crippen molar-refractivity contribution in [1.29, 1.82) is 0 Å². The molecule has 0 aliphatic carbocycles. The van der Waals surface area contributed by atoms with Gasteiger partial charge in [-0.3, -0.25) is 0 Å². The third-order valence-corrected chi connectivity index (χ3v) is 5.92. The first-order valence-electron chi connectivity index (χ1n) is 7.15. The van der Waals surface area contributed by atoms with Gasteiger partial charge in [0.15, 0.2) is 0 Å². The fourth-order valence-corrected chi connectivity index (χ4v) is 4.27. The van der Waals surface area contributed by atoms with Gasteiger partial charge < -0.3 is 0 Å². The predicted molar refractivity (Wildman–Crippen MR) is 97.4 cm³/mol. The van der Waals surface area contributed by atoms with E-state index in [0.29, 0.717) is 0 Å². The second-order valence-corrected chi connectivity index (χ2v) is 8.72. The summed E-state index contributed by atoms with van der Waals surface area (Å²) in [5, 5.41) is 30.7. The summed E-state index contributed by atoms with van der Waals surface area (Å²) in [4.78, 5) is 0. The molecule has 6 nitrogen and oxygen atoms in total. The van der Waals surface area contributed by atoms with E-state index in [1.807, 2.05) is 20.8 Å².